The highest BCUT2D eigenvalue weighted by molar-refractivity contribution is 9.08. The molecule has 21 heavy (non-hydrogen) atoms. The summed E-state index contributed by atoms with van der Waals surface area (Å²) in [7, 11) is -1.31. The third kappa shape index (κ3) is 4.52. The van der Waals surface area contributed by atoms with Gasteiger partial charge in [0.15, 0.2) is 0 Å². The van der Waals surface area contributed by atoms with Crippen molar-refractivity contribution >= 4 is 26.0 Å². The molecule has 0 aliphatic carbocycles. The van der Waals surface area contributed by atoms with E-state index in [-0.39, 0.29) is 5.41 Å². The first-order valence-electron chi connectivity index (χ1n) is 7.18. The molecule has 0 spiro atoms. The standard InChI is InChI=1S/C15H23BrN2O2S/c1-15(7-9-18(2)10-8-15)12-17-21(19,20)14-5-3-13(11-16)4-6-14/h3-6,17H,7-12H2,1-2H3. The van der Waals surface area contributed by atoms with Crippen LogP contribution in [0.4, 0.5) is 0 Å². The molecular weight excluding hydrogens is 352 g/mol. The van der Waals surface area contributed by atoms with Gasteiger partial charge < -0.3 is 4.90 Å². The van der Waals surface area contributed by atoms with E-state index >= 15 is 0 Å². The van der Waals surface area contributed by atoms with Crippen LogP contribution in [-0.2, 0) is 15.4 Å². The molecule has 0 unspecified atom stereocenters. The fraction of sp³-hybridized carbons (Fsp3) is 0.600. The number of benzene rings is 1. The van der Waals surface area contributed by atoms with Crippen LogP contribution in [0, 0.1) is 5.41 Å². The summed E-state index contributed by atoms with van der Waals surface area (Å²) in [6.45, 7) is 4.72. The van der Waals surface area contributed by atoms with Crippen molar-refractivity contribution in [2.45, 2.75) is 30.0 Å². The number of hydrogen-bond donors (Lipinski definition) is 1. The molecule has 1 aromatic carbocycles. The minimum absolute atomic E-state index is 0.0510. The van der Waals surface area contributed by atoms with Crippen LogP contribution in [0.2, 0.25) is 0 Å². The second-order valence-corrected chi connectivity index (χ2v) is 8.54. The van der Waals surface area contributed by atoms with Crippen LogP contribution < -0.4 is 4.72 Å². The van der Waals surface area contributed by atoms with E-state index in [2.05, 4.69) is 39.5 Å². The van der Waals surface area contributed by atoms with Crippen molar-refractivity contribution < 1.29 is 8.42 Å². The van der Waals surface area contributed by atoms with Crippen LogP contribution in [0.5, 0.6) is 0 Å². The molecule has 0 amide bonds. The number of likely N-dealkylation sites (tertiary alicyclic amines) is 1. The van der Waals surface area contributed by atoms with E-state index in [1.165, 1.54) is 0 Å². The first kappa shape index (κ1) is 16.9. The van der Waals surface area contributed by atoms with Crippen LogP contribution in [0.15, 0.2) is 29.2 Å². The molecule has 1 aliphatic heterocycles. The minimum atomic E-state index is -3.42. The molecule has 1 heterocycles. The Morgan fingerprint density at radius 3 is 2.33 bits per heavy atom. The zero-order valence-electron chi connectivity index (χ0n) is 12.6. The van der Waals surface area contributed by atoms with Gasteiger partial charge in [-0.1, -0.05) is 35.0 Å². The molecule has 1 aliphatic rings. The molecule has 0 atom stereocenters. The summed E-state index contributed by atoms with van der Waals surface area (Å²) in [6.07, 6.45) is 2.04. The number of piperidine rings is 1. The highest BCUT2D eigenvalue weighted by Crippen LogP contribution is 2.29. The highest BCUT2D eigenvalue weighted by atomic mass is 79.9. The Labute approximate surface area is 136 Å². The van der Waals surface area contributed by atoms with Gasteiger partial charge in [0.05, 0.1) is 4.90 Å². The van der Waals surface area contributed by atoms with Gasteiger partial charge in [-0.2, -0.15) is 0 Å². The molecule has 2 rings (SSSR count). The molecule has 4 nitrogen and oxygen atoms in total. The summed E-state index contributed by atoms with van der Waals surface area (Å²) in [5, 5.41) is 0.729. The van der Waals surface area contributed by atoms with Crippen LogP contribution in [0.25, 0.3) is 0 Å². The van der Waals surface area contributed by atoms with Crippen LogP contribution in [-0.4, -0.2) is 40.0 Å². The number of alkyl halides is 1. The highest BCUT2D eigenvalue weighted by Gasteiger charge is 2.30. The summed E-state index contributed by atoms with van der Waals surface area (Å²) < 4.78 is 27.5. The number of hydrogen-bond acceptors (Lipinski definition) is 3. The van der Waals surface area contributed by atoms with Crippen LogP contribution >= 0.6 is 15.9 Å². The third-order valence-electron chi connectivity index (χ3n) is 4.27. The topological polar surface area (TPSA) is 49.4 Å². The predicted molar refractivity (Wildman–Crippen MR) is 89.1 cm³/mol. The monoisotopic (exact) mass is 374 g/mol. The molecule has 1 fully saturated rings. The first-order valence-corrected chi connectivity index (χ1v) is 9.78. The number of rotatable bonds is 5. The lowest BCUT2D eigenvalue weighted by Gasteiger charge is -2.37. The quantitative estimate of drug-likeness (QED) is 0.805. The summed E-state index contributed by atoms with van der Waals surface area (Å²) >= 11 is 3.36. The van der Waals surface area contributed by atoms with Crippen molar-refractivity contribution in [2.24, 2.45) is 5.41 Å². The Kier molecular flexibility index (Phi) is 5.46. The Bertz CT molecular complexity index is 564. The van der Waals surface area contributed by atoms with E-state index in [9.17, 15) is 8.42 Å². The molecule has 0 radical (unpaired) electrons. The maximum Gasteiger partial charge on any atom is 0.240 e. The van der Waals surface area contributed by atoms with E-state index in [0.29, 0.717) is 11.4 Å². The molecule has 0 saturated carbocycles. The zero-order chi connectivity index (χ0) is 15.5. The van der Waals surface area contributed by atoms with Crippen molar-refractivity contribution in [3.63, 3.8) is 0 Å². The molecule has 1 N–H and O–H groups in total. The Balaban J connectivity index is 2.00. The van der Waals surface area contributed by atoms with Gasteiger partial charge >= 0.3 is 0 Å². The maximum atomic E-state index is 12.3. The summed E-state index contributed by atoms with van der Waals surface area (Å²) in [5.41, 5.74) is 1.12. The maximum absolute atomic E-state index is 12.3. The second-order valence-electron chi connectivity index (χ2n) is 6.22. The number of nitrogens with one attached hydrogen (secondary N) is 1. The van der Waals surface area contributed by atoms with Gasteiger partial charge in [-0.05, 0) is 56.1 Å². The fourth-order valence-corrected chi connectivity index (χ4v) is 4.02. The Morgan fingerprint density at radius 1 is 1.24 bits per heavy atom. The fourth-order valence-electron chi connectivity index (χ4n) is 2.45. The Hall–Kier alpha value is -0.430. The average Bonchev–Trinajstić information content (AvgIpc) is 2.49. The van der Waals surface area contributed by atoms with Gasteiger partial charge in [0.25, 0.3) is 0 Å². The lowest BCUT2D eigenvalue weighted by molar-refractivity contribution is 0.143. The number of nitrogens with zero attached hydrogens (tertiary/aromatic N) is 1. The van der Waals surface area contributed by atoms with Gasteiger partial charge in [0, 0.05) is 11.9 Å². The third-order valence-corrected chi connectivity index (χ3v) is 6.34. The molecule has 0 aromatic heterocycles. The molecular formula is C15H23BrN2O2S. The van der Waals surface area contributed by atoms with Crippen molar-refractivity contribution in [3.8, 4) is 0 Å². The van der Waals surface area contributed by atoms with Crippen molar-refractivity contribution in [1.82, 2.24) is 9.62 Å². The summed E-state index contributed by atoms with van der Waals surface area (Å²) in [5.74, 6) is 0. The van der Waals surface area contributed by atoms with E-state index in [1.54, 1.807) is 12.1 Å². The molecule has 118 valence electrons. The van der Waals surface area contributed by atoms with E-state index in [4.69, 9.17) is 0 Å². The zero-order valence-corrected chi connectivity index (χ0v) is 15.0. The number of halogens is 1. The first-order chi connectivity index (χ1) is 9.85. The van der Waals surface area contributed by atoms with Crippen molar-refractivity contribution in [3.05, 3.63) is 29.8 Å². The Morgan fingerprint density at radius 2 is 1.81 bits per heavy atom. The van der Waals surface area contributed by atoms with Gasteiger partial charge in [-0.3, -0.25) is 0 Å². The van der Waals surface area contributed by atoms with E-state index in [0.717, 1.165) is 36.8 Å². The lowest BCUT2D eigenvalue weighted by atomic mass is 9.81. The SMILES string of the molecule is CN1CCC(C)(CNS(=O)(=O)c2ccc(CBr)cc2)CC1. The summed E-state index contributed by atoms with van der Waals surface area (Å²) in [6, 6.07) is 6.99. The smallest absolute Gasteiger partial charge is 0.240 e. The normalized spacial score (nSPS) is 19.6. The molecule has 1 aromatic rings. The van der Waals surface area contributed by atoms with Crippen molar-refractivity contribution in [2.75, 3.05) is 26.7 Å². The lowest BCUT2D eigenvalue weighted by Crippen LogP contribution is -2.43. The van der Waals surface area contributed by atoms with E-state index < -0.39 is 10.0 Å². The average molecular weight is 375 g/mol. The second kappa shape index (κ2) is 6.77. The summed E-state index contributed by atoms with van der Waals surface area (Å²) in [4.78, 5) is 2.62. The minimum Gasteiger partial charge on any atom is -0.306 e. The van der Waals surface area contributed by atoms with Crippen LogP contribution in [0.3, 0.4) is 0 Å². The molecule has 1 saturated heterocycles. The van der Waals surface area contributed by atoms with Gasteiger partial charge in [0.2, 0.25) is 10.0 Å². The molecule has 0 bridgehead atoms. The van der Waals surface area contributed by atoms with Gasteiger partial charge in [-0.25, -0.2) is 13.1 Å². The largest absolute Gasteiger partial charge is 0.306 e. The van der Waals surface area contributed by atoms with Crippen LogP contribution in [0.1, 0.15) is 25.3 Å². The van der Waals surface area contributed by atoms with Gasteiger partial charge in [-0.15, -0.1) is 0 Å². The van der Waals surface area contributed by atoms with Gasteiger partial charge in [0.1, 0.15) is 0 Å². The van der Waals surface area contributed by atoms with Crippen molar-refractivity contribution in [1.29, 1.82) is 0 Å². The van der Waals surface area contributed by atoms with E-state index in [1.807, 2.05) is 12.1 Å². The molecule has 6 heteroatoms. The number of sulfonamides is 1. The predicted octanol–water partition coefficient (Wildman–Crippen LogP) is 2.59.